The van der Waals surface area contributed by atoms with E-state index in [1.165, 1.54) is 5.56 Å². The van der Waals surface area contributed by atoms with Gasteiger partial charge in [0.15, 0.2) is 11.2 Å². The number of rotatable bonds is 4. The summed E-state index contributed by atoms with van der Waals surface area (Å²) in [5.74, 6) is 0.503. The van der Waals surface area contributed by atoms with Crippen LogP contribution >= 0.6 is 22.9 Å². The van der Waals surface area contributed by atoms with Crippen molar-refractivity contribution in [3.63, 3.8) is 0 Å². The summed E-state index contributed by atoms with van der Waals surface area (Å²) in [5, 5.41) is 0.720. The topological polar surface area (TPSA) is 53.8 Å². The molecule has 0 spiro atoms. The zero-order valence-electron chi connectivity index (χ0n) is 11.5. The van der Waals surface area contributed by atoms with Gasteiger partial charge in [-0.1, -0.05) is 23.7 Å². The van der Waals surface area contributed by atoms with Crippen LogP contribution in [0.1, 0.15) is 20.8 Å². The number of hydrogen-bond donors (Lipinski definition) is 1. The highest BCUT2D eigenvalue weighted by Crippen LogP contribution is 2.13. The van der Waals surface area contributed by atoms with Crippen molar-refractivity contribution in [2.75, 3.05) is 0 Å². The number of aldehydes is 1. The van der Waals surface area contributed by atoms with Crippen molar-refractivity contribution in [2.24, 2.45) is 0 Å². The third-order valence-electron chi connectivity index (χ3n) is 3.24. The van der Waals surface area contributed by atoms with E-state index >= 15 is 0 Å². The monoisotopic (exact) mass is 331 g/mol. The second-order valence-electron chi connectivity index (χ2n) is 4.76. The van der Waals surface area contributed by atoms with Crippen molar-refractivity contribution in [3.8, 4) is 5.82 Å². The Morgan fingerprint density at radius 2 is 1.73 bits per heavy atom. The minimum Gasteiger partial charge on any atom is -0.297 e. The predicted octanol–water partition coefficient (Wildman–Crippen LogP) is 2.77. The van der Waals surface area contributed by atoms with Gasteiger partial charge in [-0.2, -0.15) is 4.98 Å². The van der Waals surface area contributed by atoms with Gasteiger partial charge in [-0.05, 0) is 53.1 Å². The summed E-state index contributed by atoms with van der Waals surface area (Å²) in [6.07, 6.45) is 5.14. The number of halogens is 1. The number of H-pyrrole nitrogens is 1. The Kier molecular flexibility index (Phi) is 4.18. The van der Waals surface area contributed by atoms with E-state index in [4.69, 9.17) is 11.6 Å². The van der Waals surface area contributed by atoms with Crippen LogP contribution in [0.5, 0.6) is 0 Å². The first-order valence-corrected chi connectivity index (χ1v) is 7.78. The summed E-state index contributed by atoms with van der Waals surface area (Å²) in [5.41, 5.74) is 2.29. The summed E-state index contributed by atoms with van der Waals surface area (Å²) in [6, 6.07) is 11.6. The molecule has 1 aromatic carbocycles. The fourth-order valence-electron chi connectivity index (χ4n) is 2.17. The first-order chi connectivity index (χ1) is 10.7. The maximum absolute atomic E-state index is 11.4. The van der Waals surface area contributed by atoms with Crippen molar-refractivity contribution in [1.29, 1.82) is 0 Å². The molecule has 0 amide bonds. The van der Waals surface area contributed by atoms with E-state index in [-0.39, 0.29) is 4.87 Å². The third-order valence-corrected chi connectivity index (χ3v) is 4.29. The highest BCUT2D eigenvalue weighted by molar-refractivity contribution is 7.11. The minimum absolute atomic E-state index is 0.241. The summed E-state index contributed by atoms with van der Waals surface area (Å²) >= 11 is 6.78. The number of thiazole rings is 1. The van der Waals surface area contributed by atoms with Gasteiger partial charge in [-0.25, -0.2) is 9.36 Å². The van der Waals surface area contributed by atoms with Crippen molar-refractivity contribution < 1.29 is 9.36 Å². The zero-order chi connectivity index (χ0) is 15.5. The van der Waals surface area contributed by atoms with Crippen LogP contribution in [0.2, 0.25) is 5.02 Å². The average Bonchev–Trinajstić information content (AvgIpc) is 2.91. The Bertz CT molecular complexity index is 851. The second-order valence-corrected chi connectivity index (χ2v) is 6.21. The van der Waals surface area contributed by atoms with Crippen LogP contribution in [0, 0.1) is 0 Å². The van der Waals surface area contributed by atoms with E-state index < -0.39 is 0 Å². The molecule has 0 aliphatic heterocycles. The number of hydrogen-bond acceptors (Lipinski definition) is 3. The molecule has 2 heterocycles. The Balaban J connectivity index is 1.84. The molecular formula is C16H12ClN2O2S+. The molecule has 0 atom stereocenters. The van der Waals surface area contributed by atoms with Gasteiger partial charge in [0, 0.05) is 5.02 Å². The van der Waals surface area contributed by atoms with Crippen LogP contribution in [0.3, 0.4) is 0 Å². The van der Waals surface area contributed by atoms with Crippen LogP contribution in [0.4, 0.5) is 0 Å². The number of pyridine rings is 1. The van der Waals surface area contributed by atoms with E-state index in [2.05, 4.69) is 4.98 Å². The van der Waals surface area contributed by atoms with Gasteiger partial charge in [-0.15, -0.1) is 0 Å². The molecule has 0 aliphatic carbocycles. The summed E-state index contributed by atoms with van der Waals surface area (Å²) in [6.45, 7) is 0. The lowest BCUT2D eigenvalue weighted by molar-refractivity contribution is -0.599. The molecule has 3 rings (SSSR count). The molecule has 110 valence electrons. The zero-order valence-corrected chi connectivity index (χ0v) is 13.0. The molecule has 1 N–H and O–H groups in total. The van der Waals surface area contributed by atoms with Gasteiger partial charge < -0.3 is 0 Å². The molecule has 0 fully saturated rings. The quantitative estimate of drug-likeness (QED) is 0.590. The van der Waals surface area contributed by atoms with E-state index in [9.17, 15) is 9.59 Å². The first-order valence-electron chi connectivity index (χ1n) is 6.59. The maximum atomic E-state index is 11.4. The third kappa shape index (κ3) is 3.16. The number of nitrogens with zero attached hydrogens (tertiary/aromatic N) is 1. The number of aromatic nitrogens is 2. The lowest BCUT2D eigenvalue weighted by Crippen LogP contribution is -2.31. The summed E-state index contributed by atoms with van der Waals surface area (Å²) in [4.78, 5) is 25.2. The molecule has 6 heteroatoms. The Morgan fingerprint density at radius 1 is 1.09 bits per heavy atom. The molecule has 4 nitrogen and oxygen atoms in total. The van der Waals surface area contributed by atoms with Gasteiger partial charge in [0.05, 0.1) is 12.4 Å². The van der Waals surface area contributed by atoms with Gasteiger partial charge >= 0.3 is 10.7 Å². The smallest absolute Gasteiger partial charge is 0.297 e. The van der Waals surface area contributed by atoms with E-state index in [1.54, 1.807) is 4.57 Å². The highest BCUT2D eigenvalue weighted by atomic mass is 35.5. The fourth-order valence-corrected chi connectivity index (χ4v) is 2.94. The number of carbonyl (C=O) groups excluding carboxylic acids is 1. The van der Waals surface area contributed by atoms with Crippen molar-refractivity contribution >= 4 is 29.2 Å². The van der Waals surface area contributed by atoms with Crippen LogP contribution in [-0.2, 0) is 6.42 Å². The van der Waals surface area contributed by atoms with Crippen molar-refractivity contribution in [3.05, 3.63) is 79.5 Å². The normalized spacial score (nSPS) is 10.6. The van der Waals surface area contributed by atoms with Crippen molar-refractivity contribution in [1.82, 2.24) is 4.98 Å². The molecule has 0 saturated carbocycles. The lowest BCUT2D eigenvalue weighted by atomic mass is 10.1. The number of nitrogens with one attached hydrogen (secondary N) is 1. The van der Waals surface area contributed by atoms with Gasteiger partial charge in [-0.3, -0.25) is 4.79 Å². The van der Waals surface area contributed by atoms with Crippen molar-refractivity contribution in [2.45, 2.75) is 6.42 Å². The number of benzene rings is 1. The molecule has 0 radical (unpaired) electrons. The first kappa shape index (κ1) is 14.7. The second kappa shape index (κ2) is 6.25. The van der Waals surface area contributed by atoms with Crippen LogP contribution in [0.15, 0.2) is 53.6 Å². The largest absolute Gasteiger partial charge is 0.390 e. The van der Waals surface area contributed by atoms with E-state index in [0.717, 1.165) is 28.3 Å². The molecule has 0 aliphatic rings. The maximum Gasteiger partial charge on any atom is 0.390 e. The van der Waals surface area contributed by atoms with Crippen LogP contribution < -0.4 is 9.44 Å². The fraction of sp³-hybridized carbons (Fsp3) is 0.0625. The summed E-state index contributed by atoms with van der Waals surface area (Å²) in [7, 11) is 0. The Hall–Kier alpha value is -2.24. The van der Waals surface area contributed by atoms with Crippen LogP contribution in [0.25, 0.3) is 5.82 Å². The Labute approximate surface area is 135 Å². The van der Waals surface area contributed by atoms with Gasteiger partial charge in [0.2, 0.25) is 0 Å². The molecule has 0 unspecified atom stereocenters. The SMILES string of the molecule is O=Cc1sc(=O)[nH]c1-[n+]1ccc(Cc2ccc(Cl)cc2)cc1. The standard InChI is InChI=1S/C16H11ClN2O2S/c17-13-3-1-11(2-4-13)9-12-5-7-19(8-6-12)15-14(10-20)22-16(21)18-15/h1-8,10H,9H2/p+1. The molecule has 2 aromatic heterocycles. The molecular weight excluding hydrogens is 320 g/mol. The van der Waals surface area contributed by atoms with E-state index in [1.807, 2.05) is 48.8 Å². The molecule has 22 heavy (non-hydrogen) atoms. The molecule has 0 saturated heterocycles. The van der Waals surface area contributed by atoms with E-state index in [0.29, 0.717) is 17.0 Å². The predicted molar refractivity (Wildman–Crippen MR) is 86.1 cm³/mol. The average molecular weight is 332 g/mol. The highest BCUT2D eigenvalue weighted by Gasteiger charge is 2.16. The van der Waals surface area contributed by atoms with Gasteiger partial charge in [0.1, 0.15) is 0 Å². The molecule has 0 bridgehead atoms. The lowest BCUT2D eigenvalue weighted by Gasteiger charge is -2.02. The van der Waals surface area contributed by atoms with Gasteiger partial charge in [0.25, 0.3) is 0 Å². The summed E-state index contributed by atoms with van der Waals surface area (Å²) < 4.78 is 1.73. The molecule has 3 aromatic rings. The minimum atomic E-state index is -0.241. The Morgan fingerprint density at radius 3 is 2.36 bits per heavy atom. The number of aromatic amines is 1. The number of carbonyl (C=O) groups is 1. The van der Waals surface area contributed by atoms with Crippen LogP contribution in [-0.4, -0.2) is 11.3 Å².